The predicted octanol–water partition coefficient (Wildman–Crippen LogP) is 4.98. The Morgan fingerprint density at radius 1 is 1.33 bits per heavy atom. The van der Waals surface area contributed by atoms with Crippen molar-refractivity contribution in [2.24, 2.45) is 0 Å². The molecule has 0 amide bonds. The highest BCUT2D eigenvalue weighted by Gasteiger charge is 2.12. The molecule has 2 rings (SSSR count). The zero-order valence-electron chi connectivity index (χ0n) is 10.3. The van der Waals surface area contributed by atoms with E-state index in [4.69, 9.17) is 11.6 Å². The van der Waals surface area contributed by atoms with Gasteiger partial charge in [-0.25, -0.2) is 0 Å². The largest absolute Gasteiger partial charge is 0.313 e. The average molecular weight is 345 g/mol. The van der Waals surface area contributed by atoms with Crippen LogP contribution in [0.2, 0.25) is 5.02 Å². The molecule has 0 aliphatic rings. The molecule has 18 heavy (non-hydrogen) atoms. The second-order valence-corrected chi connectivity index (χ2v) is 7.21. The van der Waals surface area contributed by atoms with E-state index >= 15 is 0 Å². The molecule has 1 unspecified atom stereocenters. The minimum atomic E-state index is 0.325. The number of thiophene rings is 1. The Labute approximate surface area is 125 Å². The van der Waals surface area contributed by atoms with Crippen LogP contribution in [0.25, 0.3) is 0 Å². The van der Waals surface area contributed by atoms with Crippen LogP contribution in [-0.4, -0.2) is 7.05 Å². The Hall–Kier alpha value is -0.350. The van der Waals surface area contributed by atoms with Gasteiger partial charge in [0.15, 0.2) is 0 Å². The summed E-state index contributed by atoms with van der Waals surface area (Å²) in [4.78, 5) is 1.37. The number of likely N-dealkylation sites (N-methyl/N-ethyl adjacent to an activating group) is 1. The maximum absolute atomic E-state index is 6.07. The number of halogens is 2. The van der Waals surface area contributed by atoms with Crippen LogP contribution in [-0.2, 0) is 6.42 Å². The molecule has 1 aromatic heterocycles. The molecule has 4 heteroatoms. The van der Waals surface area contributed by atoms with Crippen molar-refractivity contribution in [2.45, 2.75) is 19.4 Å². The van der Waals surface area contributed by atoms with Crippen molar-refractivity contribution >= 4 is 38.9 Å². The number of nitrogens with one attached hydrogen (secondary N) is 1. The van der Waals surface area contributed by atoms with E-state index in [1.807, 2.05) is 20.0 Å². The molecule has 0 bridgehead atoms. The quantitative estimate of drug-likeness (QED) is 0.825. The normalized spacial score (nSPS) is 12.7. The minimum Gasteiger partial charge on any atom is -0.313 e. The topological polar surface area (TPSA) is 12.0 Å². The highest BCUT2D eigenvalue weighted by atomic mass is 79.9. The fourth-order valence-corrected chi connectivity index (χ4v) is 3.58. The highest BCUT2D eigenvalue weighted by Crippen LogP contribution is 2.28. The molecular formula is C14H15BrClNS. The molecular weight excluding hydrogens is 330 g/mol. The summed E-state index contributed by atoms with van der Waals surface area (Å²) in [6, 6.07) is 10.8. The summed E-state index contributed by atoms with van der Waals surface area (Å²) in [5.74, 6) is 0. The van der Waals surface area contributed by atoms with E-state index in [-0.39, 0.29) is 0 Å². The molecule has 1 aromatic carbocycles. The van der Waals surface area contributed by atoms with Gasteiger partial charge in [-0.15, -0.1) is 11.3 Å². The first kappa shape index (κ1) is 14.1. The monoisotopic (exact) mass is 343 g/mol. The lowest BCUT2D eigenvalue weighted by molar-refractivity contribution is 0.596. The summed E-state index contributed by atoms with van der Waals surface area (Å²) < 4.78 is 1.18. The van der Waals surface area contributed by atoms with E-state index in [2.05, 4.69) is 45.5 Å². The first-order valence-corrected chi connectivity index (χ1v) is 7.76. The third-order valence-corrected chi connectivity index (χ3v) is 5.04. The van der Waals surface area contributed by atoms with Crippen molar-refractivity contribution < 1.29 is 0 Å². The zero-order chi connectivity index (χ0) is 13.1. The SMILES string of the molecule is CNC(Cc1ccc(Br)s1)c1ccc(Cl)c(C)c1. The summed E-state index contributed by atoms with van der Waals surface area (Å²) in [7, 11) is 2.00. The van der Waals surface area contributed by atoms with Crippen LogP contribution in [0.1, 0.15) is 22.0 Å². The summed E-state index contributed by atoms with van der Waals surface area (Å²) in [6.07, 6.45) is 0.994. The van der Waals surface area contributed by atoms with Gasteiger partial charge in [-0.1, -0.05) is 23.7 Å². The van der Waals surface area contributed by atoms with Gasteiger partial charge in [0.2, 0.25) is 0 Å². The summed E-state index contributed by atoms with van der Waals surface area (Å²) in [5.41, 5.74) is 2.41. The number of hydrogen-bond donors (Lipinski definition) is 1. The van der Waals surface area contributed by atoms with Gasteiger partial charge in [0.05, 0.1) is 3.79 Å². The average Bonchev–Trinajstić information content (AvgIpc) is 2.75. The van der Waals surface area contributed by atoms with Crippen molar-refractivity contribution in [3.63, 3.8) is 0 Å². The first-order valence-electron chi connectivity index (χ1n) is 5.77. The molecule has 1 N–H and O–H groups in total. The van der Waals surface area contributed by atoms with Gasteiger partial charge in [-0.05, 0) is 59.2 Å². The zero-order valence-corrected chi connectivity index (χ0v) is 13.5. The van der Waals surface area contributed by atoms with E-state index in [1.165, 1.54) is 14.2 Å². The van der Waals surface area contributed by atoms with Gasteiger partial charge in [0.1, 0.15) is 0 Å². The van der Waals surface area contributed by atoms with Gasteiger partial charge in [-0.2, -0.15) is 0 Å². The maximum atomic E-state index is 6.07. The number of benzene rings is 1. The molecule has 0 saturated carbocycles. The predicted molar refractivity (Wildman–Crippen MR) is 83.7 cm³/mol. The van der Waals surface area contributed by atoms with Gasteiger partial charge in [0, 0.05) is 22.4 Å². The smallest absolute Gasteiger partial charge is 0.0701 e. The second kappa shape index (κ2) is 6.20. The molecule has 0 aliphatic heterocycles. The van der Waals surface area contributed by atoms with E-state index in [0.717, 1.165) is 17.0 Å². The van der Waals surface area contributed by atoms with Crippen LogP contribution >= 0.6 is 38.9 Å². The van der Waals surface area contributed by atoms with E-state index in [9.17, 15) is 0 Å². The minimum absolute atomic E-state index is 0.325. The summed E-state index contributed by atoms with van der Waals surface area (Å²) in [6.45, 7) is 2.04. The molecule has 1 nitrogen and oxygen atoms in total. The van der Waals surface area contributed by atoms with Crippen molar-refractivity contribution in [3.8, 4) is 0 Å². The maximum Gasteiger partial charge on any atom is 0.0701 e. The Morgan fingerprint density at radius 3 is 2.67 bits per heavy atom. The van der Waals surface area contributed by atoms with Crippen molar-refractivity contribution in [1.29, 1.82) is 0 Å². The van der Waals surface area contributed by atoms with Crippen molar-refractivity contribution in [3.05, 3.63) is 55.1 Å². The molecule has 0 spiro atoms. The van der Waals surface area contributed by atoms with Crippen molar-refractivity contribution in [1.82, 2.24) is 5.32 Å². The lowest BCUT2D eigenvalue weighted by Crippen LogP contribution is -2.18. The van der Waals surface area contributed by atoms with E-state index in [0.29, 0.717) is 6.04 Å². The summed E-state index contributed by atoms with van der Waals surface area (Å²) >= 11 is 11.4. The first-order chi connectivity index (χ1) is 8.60. The van der Waals surface area contributed by atoms with Gasteiger partial charge >= 0.3 is 0 Å². The van der Waals surface area contributed by atoms with Crippen LogP contribution in [0.4, 0.5) is 0 Å². The lowest BCUT2D eigenvalue weighted by Gasteiger charge is -2.16. The Balaban J connectivity index is 2.19. The van der Waals surface area contributed by atoms with Gasteiger partial charge in [-0.3, -0.25) is 0 Å². The number of rotatable bonds is 4. The highest BCUT2D eigenvalue weighted by molar-refractivity contribution is 9.11. The molecule has 0 saturated heterocycles. The van der Waals surface area contributed by atoms with Gasteiger partial charge < -0.3 is 5.32 Å². The third kappa shape index (κ3) is 3.35. The van der Waals surface area contributed by atoms with E-state index in [1.54, 1.807) is 11.3 Å². The third-order valence-electron chi connectivity index (χ3n) is 2.97. The van der Waals surface area contributed by atoms with Crippen LogP contribution in [0.15, 0.2) is 34.1 Å². The van der Waals surface area contributed by atoms with Gasteiger partial charge in [0.25, 0.3) is 0 Å². The molecule has 96 valence electrons. The van der Waals surface area contributed by atoms with Crippen LogP contribution in [0.5, 0.6) is 0 Å². The Morgan fingerprint density at radius 2 is 2.11 bits per heavy atom. The lowest BCUT2D eigenvalue weighted by atomic mass is 10.0. The number of aryl methyl sites for hydroxylation is 1. The molecule has 0 aliphatic carbocycles. The fourth-order valence-electron chi connectivity index (χ4n) is 1.93. The molecule has 0 fully saturated rings. The van der Waals surface area contributed by atoms with Crippen LogP contribution in [0.3, 0.4) is 0 Å². The molecule has 1 atom stereocenters. The fraction of sp³-hybridized carbons (Fsp3) is 0.286. The molecule has 0 radical (unpaired) electrons. The Bertz CT molecular complexity index is 538. The van der Waals surface area contributed by atoms with E-state index < -0.39 is 0 Å². The standard InChI is InChI=1S/C14H15BrClNS/c1-9-7-10(3-5-12(9)16)13(17-2)8-11-4-6-14(15)18-11/h3-7,13,17H,8H2,1-2H3. The second-order valence-electron chi connectivity index (χ2n) is 4.26. The Kier molecular flexibility index (Phi) is 4.84. The van der Waals surface area contributed by atoms with Crippen LogP contribution < -0.4 is 5.32 Å². The summed E-state index contributed by atoms with van der Waals surface area (Å²) in [5, 5.41) is 4.20. The van der Waals surface area contributed by atoms with Crippen molar-refractivity contribution in [2.75, 3.05) is 7.05 Å². The van der Waals surface area contributed by atoms with Crippen LogP contribution in [0, 0.1) is 6.92 Å². The molecule has 2 aromatic rings. The number of hydrogen-bond acceptors (Lipinski definition) is 2. The molecule has 1 heterocycles.